The predicted molar refractivity (Wildman–Crippen MR) is 120 cm³/mol. The normalized spacial score (nSPS) is 23.1. The molecule has 1 aromatic carbocycles. The highest BCUT2D eigenvalue weighted by Crippen LogP contribution is 2.36. The number of esters is 1. The van der Waals surface area contributed by atoms with Gasteiger partial charge in [0.1, 0.15) is 0 Å². The van der Waals surface area contributed by atoms with E-state index in [2.05, 4.69) is 12.2 Å². The van der Waals surface area contributed by atoms with E-state index in [0.29, 0.717) is 5.92 Å². The van der Waals surface area contributed by atoms with Crippen molar-refractivity contribution in [2.75, 3.05) is 13.9 Å². The summed E-state index contributed by atoms with van der Waals surface area (Å²) in [7, 11) is 1.39. The molecular formula is C25H33NO5. The molecule has 1 N–H and O–H groups in total. The molecule has 6 nitrogen and oxygen atoms in total. The van der Waals surface area contributed by atoms with E-state index in [4.69, 9.17) is 14.2 Å². The summed E-state index contributed by atoms with van der Waals surface area (Å²) in [5, 5.41) is 3.13. The number of hydrogen-bond acceptors (Lipinski definition) is 5. The third-order valence-corrected chi connectivity index (χ3v) is 6.34. The molecule has 1 saturated carbocycles. The number of nitrogens with one attached hydrogen (secondary N) is 1. The first-order chi connectivity index (χ1) is 15.0. The number of methoxy groups -OCH3 is 1. The van der Waals surface area contributed by atoms with E-state index in [1.807, 2.05) is 37.3 Å². The maximum absolute atomic E-state index is 12.7. The summed E-state index contributed by atoms with van der Waals surface area (Å²) in [6.07, 6.45) is 11.2. The maximum atomic E-state index is 12.7. The van der Waals surface area contributed by atoms with Gasteiger partial charge in [0.2, 0.25) is 12.7 Å². The van der Waals surface area contributed by atoms with Gasteiger partial charge in [0.25, 0.3) is 0 Å². The van der Waals surface area contributed by atoms with Crippen LogP contribution >= 0.6 is 0 Å². The standard InChI is InChI=1S/C25H33NO5/c1-4-18-10-12-25(13-11-18,16-24(28)29-3)26-23(27)9-7-19(5-2)14-20-6-8-21-22(15-20)31-17-30-21/h6-9,14-15,18H,4-5,10-13,16-17H2,1-3H3,(H,26,27)/b9-7+,19-14+. The van der Waals surface area contributed by atoms with Gasteiger partial charge in [-0.25, -0.2) is 0 Å². The van der Waals surface area contributed by atoms with Crippen LogP contribution in [0, 0.1) is 5.92 Å². The first-order valence-corrected chi connectivity index (χ1v) is 11.1. The Balaban J connectivity index is 1.67. The van der Waals surface area contributed by atoms with Crippen molar-refractivity contribution in [3.63, 3.8) is 0 Å². The Labute approximate surface area is 184 Å². The van der Waals surface area contributed by atoms with Crippen LogP contribution in [0.25, 0.3) is 6.08 Å². The summed E-state index contributed by atoms with van der Waals surface area (Å²) in [5.41, 5.74) is 1.49. The Morgan fingerprint density at radius 3 is 2.58 bits per heavy atom. The molecule has 0 unspecified atom stereocenters. The third kappa shape index (κ3) is 6.12. The lowest BCUT2D eigenvalue weighted by Gasteiger charge is -2.40. The van der Waals surface area contributed by atoms with Crippen LogP contribution in [0.1, 0.15) is 64.4 Å². The molecule has 168 valence electrons. The summed E-state index contributed by atoms with van der Waals surface area (Å²) in [5.74, 6) is 1.69. The Hall–Kier alpha value is -2.76. The first kappa shape index (κ1) is 22.9. The zero-order valence-electron chi connectivity index (χ0n) is 18.7. The number of benzene rings is 1. The lowest BCUT2D eigenvalue weighted by Crippen LogP contribution is -2.51. The van der Waals surface area contributed by atoms with Gasteiger partial charge >= 0.3 is 5.97 Å². The molecule has 0 aromatic heterocycles. The first-order valence-electron chi connectivity index (χ1n) is 11.1. The number of rotatable bonds is 8. The average molecular weight is 428 g/mol. The number of amides is 1. The molecule has 0 saturated heterocycles. The van der Waals surface area contributed by atoms with Gasteiger partial charge in [-0.2, -0.15) is 0 Å². The highest BCUT2D eigenvalue weighted by Gasteiger charge is 2.38. The van der Waals surface area contributed by atoms with E-state index in [-0.39, 0.29) is 25.1 Å². The predicted octanol–water partition coefficient (Wildman–Crippen LogP) is 4.78. The van der Waals surface area contributed by atoms with E-state index >= 15 is 0 Å². The molecule has 0 radical (unpaired) electrons. The molecule has 1 amide bonds. The van der Waals surface area contributed by atoms with Crippen molar-refractivity contribution in [3.05, 3.63) is 41.5 Å². The summed E-state index contributed by atoms with van der Waals surface area (Å²) >= 11 is 0. The molecule has 0 spiro atoms. The summed E-state index contributed by atoms with van der Waals surface area (Å²) < 4.78 is 15.7. The minimum absolute atomic E-state index is 0.177. The van der Waals surface area contributed by atoms with E-state index in [9.17, 15) is 9.59 Å². The van der Waals surface area contributed by atoms with Gasteiger partial charge in [0.05, 0.1) is 19.1 Å². The van der Waals surface area contributed by atoms with Crippen LogP contribution in [-0.4, -0.2) is 31.3 Å². The van der Waals surface area contributed by atoms with Gasteiger partial charge in [0.15, 0.2) is 11.5 Å². The molecule has 1 heterocycles. The van der Waals surface area contributed by atoms with Crippen LogP contribution in [0.2, 0.25) is 0 Å². The van der Waals surface area contributed by atoms with E-state index in [1.165, 1.54) is 7.11 Å². The summed E-state index contributed by atoms with van der Waals surface area (Å²) in [6.45, 7) is 4.49. The van der Waals surface area contributed by atoms with E-state index in [0.717, 1.165) is 61.2 Å². The number of fused-ring (bicyclic) bond motifs is 1. The Morgan fingerprint density at radius 1 is 1.16 bits per heavy atom. The van der Waals surface area contributed by atoms with Crippen LogP contribution in [-0.2, 0) is 14.3 Å². The minimum Gasteiger partial charge on any atom is -0.469 e. The SMILES string of the molecule is CCC(/C=C/C(=O)NC1(CC(=O)OC)CCC(CC)CC1)=C\c1ccc2c(c1)OCO2. The van der Waals surface area contributed by atoms with Crippen molar-refractivity contribution in [1.29, 1.82) is 0 Å². The van der Waals surface area contributed by atoms with Gasteiger partial charge < -0.3 is 19.5 Å². The molecule has 3 rings (SSSR count). The smallest absolute Gasteiger partial charge is 0.307 e. The third-order valence-electron chi connectivity index (χ3n) is 6.34. The molecule has 1 aliphatic heterocycles. The molecular weight excluding hydrogens is 394 g/mol. The number of hydrogen-bond donors (Lipinski definition) is 1. The van der Waals surface area contributed by atoms with E-state index in [1.54, 1.807) is 6.08 Å². The van der Waals surface area contributed by atoms with Crippen molar-refractivity contribution >= 4 is 18.0 Å². The van der Waals surface area contributed by atoms with Gasteiger partial charge in [-0.15, -0.1) is 0 Å². The summed E-state index contributed by atoms with van der Waals surface area (Å²) in [4.78, 5) is 24.7. The van der Waals surface area contributed by atoms with Crippen molar-refractivity contribution in [2.45, 2.75) is 64.3 Å². The molecule has 6 heteroatoms. The van der Waals surface area contributed by atoms with Crippen LogP contribution in [0.3, 0.4) is 0 Å². The molecule has 0 bridgehead atoms. The fraction of sp³-hybridized carbons (Fsp3) is 0.520. The molecule has 1 fully saturated rings. The second kappa shape index (κ2) is 10.5. The molecule has 1 aromatic rings. The van der Waals surface area contributed by atoms with Gasteiger partial charge in [-0.3, -0.25) is 9.59 Å². The Bertz CT molecular complexity index is 849. The summed E-state index contributed by atoms with van der Waals surface area (Å²) in [6, 6.07) is 5.79. The van der Waals surface area contributed by atoms with Crippen LogP contribution in [0.15, 0.2) is 35.9 Å². The zero-order valence-corrected chi connectivity index (χ0v) is 18.7. The van der Waals surface area contributed by atoms with Crippen molar-refractivity contribution in [1.82, 2.24) is 5.32 Å². The fourth-order valence-corrected chi connectivity index (χ4v) is 4.30. The topological polar surface area (TPSA) is 73.9 Å². The molecule has 0 atom stereocenters. The van der Waals surface area contributed by atoms with Gasteiger partial charge in [0, 0.05) is 6.08 Å². The quantitative estimate of drug-likeness (QED) is 0.367. The number of ether oxygens (including phenoxy) is 3. The van der Waals surface area contributed by atoms with Crippen molar-refractivity contribution in [2.24, 2.45) is 5.92 Å². The van der Waals surface area contributed by atoms with Crippen LogP contribution in [0.5, 0.6) is 11.5 Å². The maximum Gasteiger partial charge on any atom is 0.307 e. The zero-order chi connectivity index (χ0) is 22.3. The van der Waals surface area contributed by atoms with Crippen LogP contribution in [0.4, 0.5) is 0 Å². The lowest BCUT2D eigenvalue weighted by molar-refractivity contribution is -0.143. The number of carbonyl (C=O) groups excluding carboxylic acids is 2. The Morgan fingerprint density at radius 2 is 1.90 bits per heavy atom. The van der Waals surface area contributed by atoms with E-state index < -0.39 is 5.54 Å². The molecule has 2 aliphatic rings. The van der Waals surface area contributed by atoms with Gasteiger partial charge in [-0.1, -0.05) is 38.5 Å². The second-order valence-corrected chi connectivity index (χ2v) is 8.39. The number of allylic oxidation sites excluding steroid dienone is 2. The highest BCUT2D eigenvalue weighted by molar-refractivity contribution is 5.89. The average Bonchev–Trinajstić information content (AvgIpc) is 3.25. The monoisotopic (exact) mass is 427 g/mol. The Kier molecular flexibility index (Phi) is 7.77. The highest BCUT2D eigenvalue weighted by atomic mass is 16.7. The largest absolute Gasteiger partial charge is 0.469 e. The second-order valence-electron chi connectivity index (χ2n) is 8.39. The lowest BCUT2D eigenvalue weighted by atomic mass is 9.74. The van der Waals surface area contributed by atoms with Crippen molar-refractivity contribution < 1.29 is 23.8 Å². The molecule has 31 heavy (non-hydrogen) atoms. The van der Waals surface area contributed by atoms with Crippen molar-refractivity contribution in [3.8, 4) is 11.5 Å². The number of carbonyl (C=O) groups is 2. The molecule has 1 aliphatic carbocycles. The minimum atomic E-state index is -0.520. The van der Waals surface area contributed by atoms with Crippen LogP contribution < -0.4 is 14.8 Å². The van der Waals surface area contributed by atoms with Gasteiger partial charge in [-0.05, 0) is 61.3 Å². The fourth-order valence-electron chi connectivity index (χ4n) is 4.30.